The molecule has 2 aromatic rings. The first kappa shape index (κ1) is 18.5. The molecular weight excluding hydrogens is 354 g/mol. The number of hydrogen-bond acceptors (Lipinski definition) is 3. The Balaban J connectivity index is 1.96. The predicted octanol–water partition coefficient (Wildman–Crippen LogP) is 3.73. The number of carbonyl (C=O) groups excluding carboxylic acids is 1. The van der Waals surface area contributed by atoms with E-state index < -0.39 is 5.97 Å². The van der Waals surface area contributed by atoms with Crippen LogP contribution in [0.15, 0.2) is 30.5 Å². The molecule has 1 aromatic carbocycles. The molecule has 1 unspecified atom stereocenters. The van der Waals surface area contributed by atoms with Crippen molar-refractivity contribution < 1.29 is 14.7 Å². The lowest BCUT2D eigenvalue weighted by molar-refractivity contribution is -0.137. The van der Waals surface area contributed by atoms with Crippen molar-refractivity contribution in [2.45, 2.75) is 45.1 Å². The Kier molecular flexibility index (Phi) is 5.32. The molecule has 1 saturated heterocycles. The molecule has 1 N–H and O–H groups in total. The molecule has 0 radical (unpaired) electrons. The molecule has 3 rings (SSSR count). The molecule has 1 aromatic heterocycles. The van der Waals surface area contributed by atoms with Crippen LogP contribution in [0, 0.1) is 0 Å². The van der Waals surface area contributed by atoms with Crippen LogP contribution in [0.2, 0.25) is 5.02 Å². The molecule has 1 amide bonds. The van der Waals surface area contributed by atoms with Gasteiger partial charge in [0.15, 0.2) is 0 Å². The molecule has 0 spiro atoms. The van der Waals surface area contributed by atoms with E-state index in [4.69, 9.17) is 16.7 Å². The number of aliphatic carboxylic acids is 1. The number of amides is 1. The lowest BCUT2D eigenvalue weighted by atomic mass is 10.0. The number of benzene rings is 1. The topological polar surface area (TPSA) is 75.4 Å². The number of carboxylic acids is 1. The molecule has 7 heteroatoms. The van der Waals surface area contributed by atoms with E-state index in [9.17, 15) is 9.59 Å². The third-order valence-electron chi connectivity index (χ3n) is 4.70. The predicted molar refractivity (Wildman–Crippen MR) is 99.0 cm³/mol. The molecule has 1 atom stereocenters. The van der Waals surface area contributed by atoms with Crippen LogP contribution in [0.3, 0.4) is 0 Å². The molecule has 1 aliphatic heterocycles. The van der Waals surface area contributed by atoms with Crippen LogP contribution >= 0.6 is 11.6 Å². The molecule has 0 bridgehead atoms. The Morgan fingerprint density at radius 3 is 2.62 bits per heavy atom. The highest BCUT2D eigenvalue weighted by Crippen LogP contribution is 2.28. The standard InChI is InChI=1S/C19H22ClN3O3/c1-12(2)18-16(11-21-23(18)14-7-5-13(20)6-8-14)19(26)22-9-3-4-15(22)10-17(24)25/h5-8,11-12,15H,3-4,9-10H2,1-2H3,(H,24,25). The molecule has 6 nitrogen and oxygen atoms in total. The SMILES string of the molecule is CC(C)c1c(C(=O)N2CCCC2CC(=O)O)cnn1-c1ccc(Cl)cc1. The van der Waals surface area contributed by atoms with Crippen molar-refractivity contribution in [3.63, 3.8) is 0 Å². The van der Waals surface area contributed by atoms with Crippen molar-refractivity contribution in [2.75, 3.05) is 6.54 Å². The zero-order valence-electron chi connectivity index (χ0n) is 14.9. The number of likely N-dealkylation sites (tertiary alicyclic amines) is 1. The molecular formula is C19H22ClN3O3. The monoisotopic (exact) mass is 375 g/mol. The summed E-state index contributed by atoms with van der Waals surface area (Å²) in [6.07, 6.45) is 3.11. The summed E-state index contributed by atoms with van der Waals surface area (Å²) in [6, 6.07) is 7.04. The van der Waals surface area contributed by atoms with Crippen LogP contribution < -0.4 is 0 Å². The number of hydrogen-bond donors (Lipinski definition) is 1. The van der Waals surface area contributed by atoms with Gasteiger partial charge in [-0.25, -0.2) is 4.68 Å². The van der Waals surface area contributed by atoms with Crippen LogP contribution in [0.25, 0.3) is 5.69 Å². The van der Waals surface area contributed by atoms with Gasteiger partial charge in [-0.3, -0.25) is 9.59 Å². The van der Waals surface area contributed by atoms with Crippen LogP contribution in [0.4, 0.5) is 0 Å². The Morgan fingerprint density at radius 2 is 2.00 bits per heavy atom. The summed E-state index contributed by atoms with van der Waals surface area (Å²) in [5, 5.41) is 14.2. The van der Waals surface area contributed by atoms with Gasteiger partial charge in [0, 0.05) is 17.6 Å². The summed E-state index contributed by atoms with van der Waals surface area (Å²) >= 11 is 5.96. The maximum atomic E-state index is 13.1. The average molecular weight is 376 g/mol. The number of nitrogens with zero attached hydrogens (tertiary/aromatic N) is 3. The summed E-state index contributed by atoms with van der Waals surface area (Å²) in [5.74, 6) is -0.944. The second-order valence-corrected chi connectivity index (χ2v) is 7.32. The minimum absolute atomic E-state index is 0.0198. The Hall–Kier alpha value is -2.34. The van der Waals surface area contributed by atoms with Crippen LogP contribution in [-0.4, -0.2) is 44.3 Å². The summed E-state index contributed by atoms with van der Waals surface area (Å²) in [4.78, 5) is 25.9. The van der Waals surface area contributed by atoms with Gasteiger partial charge in [-0.15, -0.1) is 0 Å². The van der Waals surface area contributed by atoms with Crippen molar-refractivity contribution in [1.29, 1.82) is 0 Å². The Labute approximate surface area is 157 Å². The number of halogens is 1. The van der Waals surface area contributed by atoms with E-state index in [1.54, 1.807) is 27.9 Å². The van der Waals surface area contributed by atoms with E-state index in [-0.39, 0.29) is 24.3 Å². The quantitative estimate of drug-likeness (QED) is 0.863. The summed E-state index contributed by atoms with van der Waals surface area (Å²) in [5.41, 5.74) is 2.19. The maximum Gasteiger partial charge on any atom is 0.305 e. The van der Waals surface area contributed by atoms with Gasteiger partial charge in [-0.05, 0) is 43.0 Å². The van der Waals surface area contributed by atoms with E-state index in [0.717, 1.165) is 24.2 Å². The second-order valence-electron chi connectivity index (χ2n) is 6.88. The highest BCUT2D eigenvalue weighted by Gasteiger charge is 2.33. The first-order valence-electron chi connectivity index (χ1n) is 8.75. The number of rotatable bonds is 5. The van der Waals surface area contributed by atoms with Crippen LogP contribution in [0.1, 0.15) is 55.1 Å². The van der Waals surface area contributed by atoms with E-state index in [2.05, 4.69) is 5.10 Å². The van der Waals surface area contributed by atoms with Crippen molar-refractivity contribution in [1.82, 2.24) is 14.7 Å². The van der Waals surface area contributed by atoms with E-state index in [1.165, 1.54) is 0 Å². The highest BCUT2D eigenvalue weighted by atomic mass is 35.5. The van der Waals surface area contributed by atoms with Gasteiger partial charge in [-0.1, -0.05) is 25.4 Å². The zero-order valence-corrected chi connectivity index (χ0v) is 15.6. The second kappa shape index (κ2) is 7.50. The lowest BCUT2D eigenvalue weighted by Crippen LogP contribution is -2.37. The van der Waals surface area contributed by atoms with Gasteiger partial charge >= 0.3 is 5.97 Å². The molecule has 26 heavy (non-hydrogen) atoms. The van der Waals surface area contributed by atoms with Crippen LogP contribution in [-0.2, 0) is 4.79 Å². The third kappa shape index (κ3) is 3.60. The normalized spacial score (nSPS) is 17.1. The smallest absolute Gasteiger partial charge is 0.305 e. The Morgan fingerprint density at radius 1 is 1.31 bits per heavy atom. The summed E-state index contributed by atoms with van der Waals surface area (Å²) in [7, 11) is 0. The number of aromatic nitrogens is 2. The first-order valence-corrected chi connectivity index (χ1v) is 9.13. The Bertz CT molecular complexity index is 814. The van der Waals surface area contributed by atoms with Crippen molar-refractivity contribution in [2.24, 2.45) is 0 Å². The lowest BCUT2D eigenvalue weighted by Gasteiger charge is -2.24. The van der Waals surface area contributed by atoms with Crippen molar-refractivity contribution in [3.05, 3.63) is 46.7 Å². The fourth-order valence-corrected chi connectivity index (χ4v) is 3.66. The van der Waals surface area contributed by atoms with Crippen LogP contribution in [0.5, 0.6) is 0 Å². The van der Waals surface area contributed by atoms with Gasteiger partial charge < -0.3 is 10.0 Å². The van der Waals surface area contributed by atoms with Gasteiger partial charge in [0.2, 0.25) is 0 Å². The zero-order chi connectivity index (χ0) is 18.8. The molecule has 138 valence electrons. The van der Waals surface area contributed by atoms with Gasteiger partial charge in [-0.2, -0.15) is 5.10 Å². The maximum absolute atomic E-state index is 13.1. The summed E-state index contributed by atoms with van der Waals surface area (Å²) in [6.45, 7) is 4.61. The fraction of sp³-hybridized carbons (Fsp3) is 0.421. The van der Waals surface area contributed by atoms with E-state index in [1.807, 2.05) is 26.0 Å². The largest absolute Gasteiger partial charge is 0.481 e. The average Bonchev–Trinajstić information content (AvgIpc) is 3.21. The van der Waals surface area contributed by atoms with Gasteiger partial charge in [0.1, 0.15) is 0 Å². The molecule has 2 heterocycles. The van der Waals surface area contributed by atoms with Gasteiger partial charge in [0.25, 0.3) is 5.91 Å². The van der Waals surface area contributed by atoms with E-state index >= 15 is 0 Å². The van der Waals surface area contributed by atoms with E-state index in [0.29, 0.717) is 17.1 Å². The van der Waals surface area contributed by atoms with Crippen molar-refractivity contribution in [3.8, 4) is 5.69 Å². The summed E-state index contributed by atoms with van der Waals surface area (Å²) < 4.78 is 1.76. The molecule has 1 aliphatic rings. The first-order chi connectivity index (χ1) is 12.4. The number of carbonyl (C=O) groups is 2. The number of carboxylic acid groups (broad SMARTS) is 1. The molecule has 0 aliphatic carbocycles. The molecule has 0 saturated carbocycles. The van der Waals surface area contributed by atoms with Gasteiger partial charge in [0.05, 0.1) is 29.6 Å². The molecule has 1 fully saturated rings. The van der Waals surface area contributed by atoms with Crippen molar-refractivity contribution >= 4 is 23.5 Å². The minimum atomic E-state index is -0.879. The highest BCUT2D eigenvalue weighted by molar-refractivity contribution is 6.30. The third-order valence-corrected chi connectivity index (χ3v) is 4.96. The minimum Gasteiger partial charge on any atom is -0.481 e. The fourth-order valence-electron chi connectivity index (χ4n) is 3.54.